The van der Waals surface area contributed by atoms with E-state index in [9.17, 15) is 0 Å². The van der Waals surface area contributed by atoms with Gasteiger partial charge in [0.1, 0.15) is 0 Å². The summed E-state index contributed by atoms with van der Waals surface area (Å²) in [7, 11) is -0.0234. The Labute approximate surface area is 150 Å². The molecule has 136 valence electrons. The van der Waals surface area contributed by atoms with Crippen molar-refractivity contribution < 1.29 is 9.31 Å². The van der Waals surface area contributed by atoms with Gasteiger partial charge >= 0.3 is 7.12 Å². The molecule has 0 radical (unpaired) electrons. The van der Waals surface area contributed by atoms with Crippen molar-refractivity contribution in [2.24, 2.45) is 17.3 Å². The molecule has 4 fully saturated rings. The van der Waals surface area contributed by atoms with Crippen LogP contribution in [0.2, 0.25) is 6.32 Å². The van der Waals surface area contributed by atoms with E-state index in [-0.39, 0.29) is 12.7 Å². The first-order valence-corrected chi connectivity index (χ1v) is 9.91. The van der Waals surface area contributed by atoms with E-state index in [2.05, 4.69) is 53.7 Å². The molecule has 0 aromatic carbocycles. The molecule has 1 aliphatic heterocycles. The van der Waals surface area contributed by atoms with Crippen LogP contribution in [0.4, 0.5) is 0 Å². The normalized spacial score (nSPS) is 35.8. The molecule has 1 saturated heterocycles. The molecule has 0 amide bonds. The smallest absolute Gasteiger partial charge is 0.405 e. The fourth-order valence-corrected chi connectivity index (χ4v) is 5.05. The van der Waals surface area contributed by atoms with Gasteiger partial charge < -0.3 is 9.31 Å². The zero-order chi connectivity index (χ0) is 18.1. The number of hydrogen-bond acceptors (Lipinski definition) is 2. The molecule has 3 aliphatic carbocycles. The van der Waals surface area contributed by atoms with Crippen LogP contribution in [0.5, 0.6) is 0 Å². The third kappa shape index (κ3) is 3.27. The van der Waals surface area contributed by atoms with Gasteiger partial charge in [-0.05, 0) is 70.5 Å². The largest absolute Gasteiger partial charge is 0.457 e. The molecular formula is C21H37BO2. The van der Waals surface area contributed by atoms with Crippen LogP contribution in [0.3, 0.4) is 0 Å². The lowest BCUT2D eigenvalue weighted by Crippen LogP contribution is -2.65. The predicted octanol–water partition coefficient (Wildman–Crippen LogP) is 6.04. The summed E-state index contributed by atoms with van der Waals surface area (Å²) < 4.78 is 12.8. The second-order valence-corrected chi connectivity index (χ2v) is 8.46. The van der Waals surface area contributed by atoms with Crippen LogP contribution in [-0.4, -0.2) is 18.8 Å². The van der Waals surface area contributed by atoms with E-state index in [0.717, 1.165) is 18.7 Å². The summed E-state index contributed by atoms with van der Waals surface area (Å²) in [6, 6.07) is 0. The lowest BCUT2D eigenvalue weighted by Gasteiger charge is -2.64. The molecule has 2 nitrogen and oxygen atoms in total. The Bertz CT molecular complexity index is 504. The first-order valence-electron chi connectivity index (χ1n) is 9.91. The molecule has 0 N–H and O–H groups in total. The summed E-state index contributed by atoms with van der Waals surface area (Å²) in [6.45, 7) is 17.6. The van der Waals surface area contributed by atoms with Gasteiger partial charge in [0.15, 0.2) is 0 Å². The Hall–Kier alpha value is -0.535. The van der Waals surface area contributed by atoms with Crippen molar-refractivity contribution in [3.8, 4) is 0 Å². The van der Waals surface area contributed by atoms with Gasteiger partial charge in [-0.15, -0.1) is 0 Å². The summed E-state index contributed by atoms with van der Waals surface area (Å²) >= 11 is 0. The average Bonchev–Trinajstić information content (AvgIpc) is 2.88. The van der Waals surface area contributed by atoms with Gasteiger partial charge in [-0.2, -0.15) is 0 Å². The molecule has 0 aromatic rings. The van der Waals surface area contributed by atoms with Crippen LogP contribution >= 0.6 is 0 Å². The van der Waals surface area contributed by atoms with Gasteiger partial charge in [-0.3, -0.25) is 0 Å². The molecule has 2 bridgehead atoms. The Morgan fingerprint density at radius 1 is 1.17 bits per heavy atom. The van der Waals surface area contributed by atoms with Crippen LogP contribution in [0, 0.1) is 17.3 Å². The van der Waals surface area contributed by atoms with Crippen molar-refractivity contribution in [3.63, 3.8) is 0 Å². The third-order valence-electron chi connectivity index (χ3n) is 6.66. The summed E-state index contributed by atoms with van der Waals surface area (Å²) in [6.07, 6.45) is 9.17. The average molecular weight is 332 g/mol. The van der Waals surface area contributed by atoms with E-state index in [1.165, 1.54) is 24.0 Å². The monoisotopic (exact) mass is 332 g/mol. The van der Waals surface area contributed by atoms with E-state index in [1.54, 1.807) is 0 Å². The summed E-state index contributed by atoms with van der Waals surface area (Å²) in [5, 5.41) is 0. The Balaban J connectivity index is 0.00000100. The van der Waals surface area contributed by atoms with Gasteiger partial charge in [0.25, 0.3) is 0 Å². The summed E-state index contributed by atoms with van der Waals surface area (Å²) in [5.41, 5.74) is 3.18. The first-order chi connectivity index (χ1) is 11.3. The second-order valence-electron chi connectivity index (χ2n) is 8.46. The highest BCUT2D eigenvalue weighted by atomic mass is 16.7. The standard InChI is InChI=1S/C19H31BO2.C2H6/c1-7-8-14(13(2)3)9-10-20-21-17-12-15-11-16(18(15,4)5)19(17,6)22-20;1-2/h7-8,15-17H,9-12H2,1-6H3;1-2H3/b8-7-;. The Morgan fingerprint density at radius 3 is 2.38 bits per heavy atom. The van der Waals surface area contributed by atoms with Crippen molar-refractivity contribution in [2.75, 3.05) is 0 Å². The molecule has 24 heavy (non-hydrogen) atoms. The molecule has 0 aromatic heterocycles. The molecule has 4 unspecified atom stereocenters. The van der Waals surface area contributed by atoms with Gasteiger partial charge in [-0.1, -0.05) is 51.0 Å². The van der Waals surface area contributed by atoms with Crippen LogP contribution in [-0.2, 0) is 9.31 Å². The van der Waals surface area contributed by atoms with Crippen LogP contribution in [0.1, 0.15) is 74.7 Å². The minimum Gasteiger partial charge on any atom is -0.405 e. The van der Waals surface area contributed by atoms with Crippen LogP contribution in [0.15, 0.2) is 23.3 Å². The fraction of sp³-hybridized carbons (Fsp3) is 0.810. The quantitative estimate of drug-likeness (QED) is 0.461. The molecule has 1 heterocycles. The highest BCUT2D eigenvalue weighted by Gasteiger charge is 2.67. The van der Waals surface area contributed by atoms with E-state index in [0.29, 0.717) is 17.4 Å². The molecule has 4 aliphatic rings. The van der Waals surface area contributed by atoms with Crippen molar-refractivity contribution in [1.82, 2.24) is 0 Å². The molecule has 4 rings (SSSR count). The second kappa shape index (κ2) is 7.37. The van der Waals surface area contributed by atoms with Crippen LogP contribution in [0.25, 0.3) is 0 Å². The fourth-order valence-electron chi connectivity index (χ4n) is 5.05. The number of hydrogen-bond donors (Lipinski definition) is 0. The molecule has 3 saturated carbocycles. The maximum atomic E-state index is 6.48. The number of allylic oxidation sites excluding steroid dienone is 4. The topological polar surface area (TPSA) is 18.5 Å². The third-order valence-corrected chi connectivity index (χ3v) is 6.66. The highest BCUT2D eigenvalue weighted by molar-refractivity contribution is 6.45. The summed E-state index contributed by atoms with van der Waals surface area (Å²) in [4.78, 5) is 0. The van der Waals surface area contributed by atoms with Gasteiger partial charge in [0.2, 0.25) is 0 Å². The van der Waals surface area contributed by atoms with E-state index < -0.39 is 0 Å². The van der Waals surface area contributed by atoms with Crippen molar-refractivity contribution in [2.45, 2.75) is 92.7 Å². The minimum atomic E-state index is -0.0609. The Kier molecular flexibility index (Phi) is 6.08. The van der Waals surface area contributed by atoms with Gasteiger partial charge in [0, 0.05) is 0 Å². The maximum absolute atomic E-state index is 6.48. The van der Waals surface area contributed by atoms with Gasteiger partial charge in [-0.25, -0.2) is 0 Å². The van der Waals surface area contributed by atoms with Crippen LogP contribution < -0.4 is 0 Å². The lowest BCUT2D eigenvalue weighted by molar-refractivity contribution is -0.199. The zero-order valence-electron chi connectivity index (χ0n) is 17.1. The van der Waals surface area contributed by atoms with E-state index in [1.807, 2.05) is 13.8 Å². The maximum Gasteiger partial charge on any atom is 0.457 e. The Morgan fingerprint density at radius 2 is 1.83 bits per heavy atom. The lowest BCUT2D eigenvalue weighted by atomic mass is 9.43. The van der Waals surface area contributed by atoms with Crippen molar-refractivity contribution in [3.05, 3.63) is 23.3 Å². The van der Waals surface area contributed by atoms with Crippen molar-refractivity contribution >= 4 is 7.12 Å². The summed E-state index contributed by atoms with van der Waals surface area (Å²) in [5.74, 6) is 1.49. The predicted molar refractivity (Wildman–Crippen MR) is 104 cm³/mol. The molecule has 3 heteroatoms. The van der Waals surface area contributed by atoms with Crippen molar-refractivity contribution in [1.29, 1.82) is 0 Å². The molecule has 4 atom stereocenters. The minimum absolute atomic E-state index is 0.0234. The highest BCUT2D eigenvalue weighted by Crippen LogP contribution is 2.65. The number of rotatable bonds is 4. The SMILES string of the molecule is C/C=C\C(CCB1OC2CC3CC(C3(C)C)C2(C)O1)=C(C)C.CC. The molecular weight excluding hydrogens is 295 g/mol. The molecule has 0 spiro atoms. The van der Waals surface area contributed by atoms with E-state index >= 15 is 0 Å². The zero-order valence-corrected chi connectivity index (χ0v) is 17.1. The van der Waals surface area contributed by atoms with E-state index in [4.69, 9.17) is 9.31 Å². The van der Waals surface area contributed by atoms with Gasteiger partial charge in [0.05, 0.1) is 11.7 Å². The first kappa shape index (κ1) is 19.8.